The molecule has 0 unspecified atom stereocenters. The third-order valence-electron chi connectivity index (χ3n) is 2.95. The monoisotopic (exact) mass is 285 g/mol. The fraction of sp³-hybridized carbons (Fsp3) is 0.200. The SMILES string of the molecule is CN(Cc1ccccc1)Cc1nc(-c2ccsc2)no1. The van der Waals surface area contributed by atoms with E-state index in [0.29, 0.717) is 18.3 Å². The van der Waals surface area contributed by atoms with E-state index in [1.165, 1.54) is 5.56 Å². The van der Waals surface area contributed by atoms with Gasteiger partial charge in [-0.1, -0.05) is 35.5 Å². The van der Waals surface area contributed by atoms with E-state index in [4.69, 9.17) is 4.52 Å². The van der Waals surface area contributed by atoms with Crippen LogP contribution in [0.15, 0.2) is 51.7 Å². The minimum absolute atomic E-state index is 0.643. The molecule has 2 aromatic heterocycles. The molecule has 3 rings (SSSR count). The molecule has 0 bridgehead atoms. The molecule has 0 amide bonds. The number of rotatable bonds is 5. The minimum atomic E-state index is 0.643. The van der Waals surface area contributed by atoms with E-state index < -0.39 is 0 Å². The Bertz CT molecular complexity index is 649. The third kappa shape index (κ3) is 3.12. The summed E-state index contributed by atoms with van der Waals surface area (Å²) in [4.78, 5) is 6.57. The van der Waals surface area contributed by atoms with Gasteiger partial charge in [-0.05, 0) is 24.1 Å². The molecule has 0 atom stereocenters. The van der Waals surface area contributed by atoms with Gasteiger partial charge in [0.1, 0.15) is 0 Å². The quantitative estimate of drug-likeness (QED) is 0.720. The molecule has 0 spiro atoms. The second kappa shape index (κ2) is 5.98. The Kier molecular flexibility index (Phi) is 3.90. The van der Waals surface area contributed by atoms with Crippen molar-refractivity contribution in [3.05, 3.63) is 58.6 Å². The predicted octanol–water partition coefficient (Wildman–Crippen LogP) is 3.43. The first kappa shape index (κ1) is 13.0. The van der Waals surface area contributed by atoms with Crippen LogP contribution < -0.4 is 0 Å². The van der Waals surface area contributed by atoms with Crippen molar-refractivity contribution in [3.63, 3.8) is 0 Å². The van der Waals surface area contributed by atoms with Crippen LogP contribution in [0.5, 0.6) is 0 Å². The first-order valence-electron chi connectivity index (χ1n) is 6.39. The molecule has 0 saturated carbocycles. The Hall–Kier alpha value is -1.98. The fourth-order valence-corrected chi connectivity index (χ4v) is 2.64. The number of benzene rings is 1. The van der Waals surface area contributed by atoms with Gasteiger partial charge in [-0.15, -0.1) is 0 Å². The van der Waals surface area contributed by atoms with E-state index in [2.05, 4.69) is 27.2 Å². The molecule has 5 heteroatoms. The van der Waals surface area contributed by atoms with Crippen molar-refractivity contribution in [1.82, 2.24) is 15.0 Å². The lowest BCUT2D eigenvalue weighted by Gasteiger charge is -2.13. The average molecular weight is 285 g/mol. The van der Waals surface area contributed by atoms with Crippen LogP contribution in [0, 0.1) is 0 Å². The zero-order valence-electron chi connectivity index (χ0n) is 11.2. The van der Waals surface area contributed by atoms with Crippen molar-refractivity contribution in [1.29, 1.82) is 0 Å². The molecule has 0 radical (unpaired) electrons. The van der Waals surface area contributed by atoms with Crippen molar-refractivity contribution >= 4 is 11.3 Å². The summed E-state index contributed by atoms with van der Waals surface area (Å²) in [5, 5.41) is 8.04. The molecule has 20 heavy (non-hydrogen) atoms. The lowest BCUT2D eigenvalue weighted by Crippen LogP contribution is -2.17. The molecule has 0 aliphatic carbocycles. The molecule has 0 N–H and O–H groups in total. The zero-order valence-corrected chi connectivity index (χ0v) is 12.0. The highest BCUT2D eigenvalue weighted by Crippen LogP contribution is 2.19. The Morgan fingerprint density at radius 2 is 2.00 bits per heavy atom. The van der Waals surface area contributed by atoms with Crippen LogP contribution in [0.3, 0.4) is 0 Å². The highest BCUT2D eigenvalue weighted by molar-refractivity contribution is 7.08. The number of thiophene rings is 1. The summed E-state index contributed by atoms with van der Waals surface area (Å²) in [5.41, 5.74) is 2.28. The molecule has 1 aromatic carbocycles. The highest BCUT2D eigenvalue weighted by atomic mass is 32.1. The maximum Gasteiger partial charge on any atom is 0.241 e. The van der Waals surface area contributed by atoms with Crippen LogP contribution in [0.4, 0.5) is 0 Å². The molecule has 0 saturated heterocycles. The van der Waals surface area contributed by atoms with E-state index in [9.17, 15) is 0 Å². The smallest absolute Gasteiger partial charge is 0.241 e. The average Bonchev–Trinajstić information content (AvgIpc) is 3.10. The van der Waals surface area contributed by atoms with Gasteiger partial charge >= 0.3 is 0 Å². The molecule has 3 aromatic rings. The molecule has 4 nitrogen and oxygen atoms in total. The standard InChI is InChI=1S/C15H15N3OS/c1-18(9-12-5-3-2-4-6-12)10-14-16-15(17-19-14)13-7-8-20-11-13/h2-8,11H,9-10H2,1H3. The van der Waals surface area contributed by atoms with Crippen molar-refractivity contribution in [2.75, 3.05) is 7.05 Å². The fourth-order valence-electron chi connectivity index (χ4n) is 2.01. The van der Waals surface area contributed by atoms with Gasteiger partial charge in [0.15, 0.2) is 0 Å². The van der Waals surface area contributed by atoms with E-state index >= 15 is 0 Å². The van der Waals surface area contributed by atoms with Gasteiger partial charge in [0.25, 0.3) is 0 Å². The number of hydrogen-bond acceptors (Lipinski definition) is 5. The summed E-state index contributed by atoms with van der Waals surface area (Å²) < 4.78 is 5.30. The predicted molar refractivity (Wildman–Crippen MR) is 79.2 cm³/mol. The number of nitrogens with zero attached hydrogens (tertiary/aromatic N) is 3. The first-order valence-corrected chi connectivity index (χ1v) is 7.33. The molecule has 0 aliphatic rings. The maximum atomic E-state index is 5.30. The topological polar surface area (TPSA) is 42.2 Å². The van der Waals surface area contributed by atoms with Gasteiger partial charge in [0, 0.05) is 17.5 Å². The van der Waals surface area contributed by atoms with Gasteiger partial charge in [0.2, 0.25) is 11.7 Å². The van der Waals surface area contributed by atoms with E-state index in [0.717, 1.165) is 12.1 Å². The molecular formula is C15H15N3OS. The molecular weight excluding hydrogens is 270 g/mol. The molecule has 0 aliphatic heterocycles. The second-order valence-electron chi connectivity index (χ2n) is 4.68. The maximum absolute atomic E-state index is 5.30. The van der Waals surface area contributed by atoms with Crippen LogP contribution in [-0.2, 0) is 13.1 Å². The lowest BCUT2D eigenvalue weighted by atomic mass is 10.2. The number of aromatic nitrogens is 2. The Balaban J connectivity index is 1.63. The van der Waals surface area contributed by atoms with Crippen molar-refractivity contribution in [2.24, 2.45) is 0 Å². The van der Waals surface area contributed by atoms with Crippen molar-refractivity contribution in [2.45, 2.75) is 13.1 Å². The van der Waals surface area contributed by atoms with Gasteiger partial charge in [-0.2, -0.15) is 16.3 Å². The van der Waals surface area contributed by atoms with Gasteiger partial charge in [0.05, 0.1) is 6.54 Å². The van der Waals surface area contributed by atoms with E-state index in [1.807, 2.05) is 42.1 Å². The van der Waals surface area contributed by atoms with Crippen LogP contribution in [-0.4, -0.2) is 22.1 Å². The summed E-state index contributed by atoms with van der Waals surface area (Å²) in [6, 6.07) is 12.3. The summed E-state index contributed by atoms with van der Waals surface area (Å²) in [6.45, 7) is 1.50. The summed E-state index contributed by atoms with van der Waals surface area (Å²) >= 11 is 1.63. The Morgan fingerprint density at radius 1 is 1.15 bits per heavy atom. The van der Waals surface area contributed by atoms with Crippen LogP contribution >= 0.6 is 11.3 Å². The minimum Gasteiger partial charge on any atom is -0.338 e. The second-order valence-corrected chi connectivity index (χ2v) is 5.46. The van der Waals surface area contributed by atoms with Crippen LogP contribution in [0.1, 0.15) is 11.5 Å². The number of hydrogen-bond donors (Lipinski definition) is 0. The van der Waals surface area contributed by atoms with Gasteiger partial charge in [-0.3, -0.25) is 4.90 Å². The highest BCUT2D eigenvalue weighted by Gasteiger charge is 2.11. The molecule has 102 valence electrons. The summed E-state index contributed by atoms with van der Waals surface area (Å²) in [7, 11) is 2.04. The largest absolute Gasteiger partial charge is 0.338 e. The van der Waals surface area contributed by atoms with Crippen molar-refractivity contribution in [3.8, 4) is 11.4 Å². The van der Waals surface area contributed by atoms with Gasteiger partial charge < -0.3 is 4.52 Å². The zero-order chi connectivity index (χ0) is 13.8. The van der Waals surface area contributed by atoms with Gasteiger partial charge in [-0.25, -0.2) is 0 Å². The van der Waals surface area contributed by atoms with E-state index in [1.54, 1.807) is 11.3 Å². The lowest BCUT2D eigenvalue weighted by molar-refractivity contribution is 0.261. The first-order chi connectivity index (χ1) is 9.81. The van der Waals surface area contributed by atoms with Crippen LogP contribution in [0.2, 0.25) is 0 Å². The Morgan fingerprint density at radius 3 is 2.75 bits per heavy atom. The third-order valence-corrected chi connectivity index (χ3v) is 3.63. The summed E-state index contributed by atoms with van der Waals surface area (Å²) in [6.07, 6.45) is 0. The van der Waals surface area contributed by atoms with E-state index in [-0.39, 0.29) is 0 Å². The molecule has 2 heterocycles. The van der Waals surface area contributed by atoms with Crippen LogP contribution in [0.25, 0.3) is 11.4 Å². The Labute approximate surface area is 121 Å². The molecule has 0 fully saturated rings. The normalized spacial score (nSPS) is 11.1. The van der Waals surface area contributed by atoms with Crippen molar-refractivity contribution < 1.29 is 4.52 Å². The summed E-state index contributed by atoms with van der Waals surface area (Å²) in [5.74, 6) is 1.30.